The zero-order chi connectivity index (χ0) is 13.3. The lowest BCUT2D eigenvalue weighted by atomic mass is 10.0. The number of hydrogen-bond donors (Lipinski definition) is 0. The smallest absolute Gasteiger partial charge is 0.103 e. The van der Waals surface area contributed by atoms with Crippen LogP contribution in [0.2, 0.25) is 0 Å². The molecule has 2 aromatic rings. The number of rotatable bonds is 2. The maximum absolute atomic E-state index is 9.15. The highest BCUT2D eigenvalue weighted by Gasteiger charge is 2.16. The van der Waals surface area contributed by atoms with Crippen molar-refractivity contribution in [1.29, 1.82) is 5.26 Å². The minimum absolute atomic E-state index is 0.266. The van der Waals surface area contributed by atoms with Crippen LogP contribution in [-0.4, -0.2) is 9.78 Å². The van der Waals surface area contributed by atoms with Crippen LogP contribution in [0.25, 0.3) is 5.69 Å². The van der Waals surface area contributed by atoms with E-state index in [9.17, 15) is 0 Å². The minimum Gasteiger partial charge on any atom is -0.236 e. The molecule has 0 spiro atoms. The highest BCUT2D eigenvalue weighted by molar-refractivity contribution is 5.48. The Hall–Kier alpha value is -2.08. The minimum atomic E-state index is 0.266. The van der Waals surface area contributed by atoms with Crippen molar-refractivity contribution >= 4 is 0 Å². The third kappa shape index (κ3) is 1.91. The lowest BCUT2D eigenvalue weighted by Crippen LogP contribution is -2.07. The van der Waals surface area contributed by atoms with Gasteiger partial charge in [0.1, 0.15) is 6.07 Å². The highest BCUT2D eigenvalue weighted by atomic mass is 15.3. The fourth-order valence-corrected chi connectivity index (χ4v) is 2.16. The fraction of sp³-hybridized carbons (Fsp3) is 0.333. The zero-order valence-electron chi connectivity index (χ0n) is 11.2. The molecule has 1 heterocycles. The van der Waals surface area contributed by atoms with Crippen molar-refractivity contribution in [3.05, 3.63) is 46.8 Å². The molecule has 0 atom stereocenters. The van der Waals surface area contributed by atoms with E-state index < -0.39 is 0 Å². The summed E-state index contributed by atoms with van der Waals surface area (Å²) >= 11 is 0. The summed E-state index contributed by atoms with van der Waals surface area (Å²) in [5.41, 5.74) is 5.13. The van der Waals surface area contributed by atoms with Crippen LogP contribution in [0.3, 0.4) is 0 Å². The summed E-state index contributed by atoms with van der Waals surface area (Å²) in [6.45, 7) is 8.34. The van der Waals surface area contributed by atoms with Gasteiger partial charge in [-0.2, -0.15) is 10.4 Å². The van der Waals surface area contributed by atoms with Crippen LogP contribution in [0.5, 0.6) is 0 Å². The highest BCUT2D eigenvalue weighted by Crippen LogP contribution is 2.25. The van der Waals surface area contributed by atoms with E-state index in [1.807, 2.05) is 16.8 Å². The predicted molar refractivity (Wildman–Crippen MR) is 71.8 cm³/mol. The van der Waals surface area contributed by atoms with Crippen LogP contribution in [0.15, 0.2) is 24.4 Å². The molecule has 0 amide bonds. The van der Waals surface area contributed by atoms with Crippen molar-refractivity contribution < 1.29 is 0 Å². The Kier molecular flexibility index (Phi) is 3.20. The van der Waals surface area contributed by atoms with Crippen LogP contribution in [-0.2, 0) is 0 Å². The molecular weight excluding hydrogens is 222 g/mol. The summed E-state index contributed by atoms with van der Waals surface area (Å²) in [6.07, 6.45) is 1.65. The lowest BCUT2D eigenvalue weighted by molar-refractivity contribution is 0.729. The number of aryl methyl sites for hydroxylation is 1. The first kappa shape index (κ1) is 12.4. The molecule has 0 bridgehead atoms. The summed E-state index contributed by atoms with van der Waals surface area (Å²) in [5, 5.41) is 13.5. The number of aromatic nitrogens is 2. The SMILES string of the molecule is Cc1cccc(-n2ncc(C#N)c2C(C)C)c1C. The van der Waals surface area contributed by atoms with Crippen molar-refractivity contribution in [3.8, 4) is 11.8 Å². The normalized spacial score (nSPS) is 10.7. The quantitative estimate of drug-likeness (QED) is 0.805. The molecular formula is C15H17N3. The molecule has 0 fully saturated rings. The first-order chi connectivity index (χ1) is 8.56. The average molecular weight is 239 g/mol. The maximum atomic E-state index is 9.15. The van der Waals surface area contributed by atoms with E-state index in [0.717, 1.165) is 11.4 Å². The third-order valence-electron chi connectivity index (χ3n) is 3.28. The van der Waals surface area contributed by atoms with E-state index in [4.69, 9.17) is 5.26 Å². The topological polar surface area (TPSA) is 41.6 Å². The Bertz CT molecular complexity index is 615. The first-order valence-electron chi connectivity index (χ1n) is 6.11. The molecule has 0 aliphatic heterocycles. The number of benzene rings is 1. The molecule has 92 valence electrons. The van der Waals surface area contributed by atoms with E-state index in [0.29, 0.717) is 5.56 Å². The van der Waals surface area contributed by atoms with Gasteiger partial charge in [-0.15, -0.1) is 0 Å². The van der Waals surface area contributed by atoms with E-state index in [2.05, 4.69) is 44.9 Å². The fourth-order valence-electron chi connectivity index (χ4n) is 2.16. The van der Waals surface area contributed by atoms with Gasteiger partial charge >= 0.3 is 0 Å². The molecule has 3 nitrogen and oxygen atoms in total. The Morgan fingerprint density at radius 3 is 2.61 bits per heavy atom. The average Bonchev–Trinajstić information content (AvgIpc) is 2.76. The molecule has 1 aromatic heterocycles. The molecule has 0 N–H and O–H groups in total. The van der Waals surface area contributed by atoms with Crippen LogP contribution in [0, 0.1) is 25.2 Å². The third-order valence-corrected chi connectivity index (χ3v) is 3.28. The van der Waals surface area contributed by atoms with Gasteiger partial charge in [-0.25, -0.2) is 4.68 Å². The summed E-state index contributed by atoms with van der Waals surface area (Å²) in [6, 6.07) is 8.37. The van der Waals surface area contributed by atoms with Crippen LogP contribution < -0.4 is 0 Å². The molecule has 0 unspecified atom stereocenters. The Morgan fingerprint density at radius 1 is 1.28 bits per heavy atom. The molecule has 0 saturated carbocycles. The van der Waals surface area contributed by atoms with Gasteiger partial charge in [0.05, 0.1) is 23.1 Å². The van der Waals surface area contributed by atoms with E-state index in [1.165, 1.54) is 11.1 Å². The van der Waals surface area contributed by atoms with Gasteiger partial charge in [-0.05, 0) is 37.0 Å². The van der Waals surface area contributed by atoms with Gasteiger partial charge in [0.25, 0.3) is 0 Å². The van der Waals surface area contributed by atoms with Crippen LogP contribution in [0.1, 0.15) is 42.1 Å². The van der Waals surface area contributed by atoms with Crippen molar-refractivity contribution in [3.63, 3.8) is 0 Å². The Balaban J connectivity index is 2.69. The molecule has 3 heteroatoms. The molecule has 2 rings (SSSR count). The van der Waals surface area contributed by atoms with Crippen molar-refractivity contribution in [2.75, 3.05) is 0 Å². The second-order valence-corrected chi connectivity index (χ2v) is 4.84. The summed E-state index contributed by atoms with van der Waals surface area (Å²) < 4.78 is 1.89. The number of hydrogen-bond acceptors (Lipinski definition) is 2. The van der Waals surface area contributed by atoms with E-state index in [-0.39, 0.29) is 5.92 Å². The van der Waals surface area contributed by atoms with Crippen LogP contribution >= 0.6 is 0 Å². The predicted octanol–water partition coefficient (Wildman–Crippen LogP) is 3.48. The Morgan fingerprint density at radius 2 is 2.00 bits per heavy atom. The van der Waals surface area contributed by atoms with Crippen molar-refractivity contribution in [1.82, 2.24) is 9.78 Å². The number of nitrogens with zero attached hydrogens (tertiary/aromatic N) is 3. The summed E-state index contributed by atoms with van der Waals surface area (Å²) in [7, 11) is 0. The van der Waals surface area contributed by atoms with Gasteiger partial charge in [-0.1, -0.05) is 26.0 Å². The van der Waals surface area contributed by atoms with Gasteiger partial charge in [0.2, 0.25) is 0 Å². The molecule has 0 aliphatic rings. The molecule has 18 heavy (non-hydrogen) atoms. The second-order valence-electron chi connectivity index (χ2n) is 4.84. The first-order valence-corrected chi connectivity index (χ1v) is 6.11. The van der Waals surface area contributed by atoms with Gasteiger partial charge in [0, 0.05) is 0 Å². The second kappa shape index (κ2) is 4.66. The van der Waals surface area contributed by atoms with E-state index in [1.54, 1.807) is 6.20 Å². The van der Waals surface area contributed by atoms with E-state index >= 15 is 0 Å². The summed E-state index contributed by atoms with van der Waals surface area (Å²) in [4.78, 5) is 0. The molecule has 0 radical (unpaired) electrons. The molecule has 1 aromatic carbocycles. The maximum Gasteiger partial charge on any atom is 0.103 e. The van der Waals surface area contributed by atoms with Gasteiger partial charge in [-0.3, -0.25) is 0 Å². The van der Waals surface area contributed by atoms with Crippen molar-refractivity contribution in [2.45, 2.75) is 33.6 Å². The Labute approximate surface area is 108 Å². The van der Waals surface area contributed by atoms with Crippen molar-refractivity contribution in [2.24, 2.45) is 0 Å². The summed E-state index contributed by atoms with van der Waals surface area (Å²) in [5.74, 6) is 0.266. The standard InChI is InChI=1S/C15H17N3/c1-10(2)15-13(8-16)9-17-18(15)14-7-5-6-11(3)12(14)4/h5-7,9-10H,1-4H3. The van der Waals surface area contributed by atoms with Gasteiger partial charge in [0.15, 0.2) is 0 Å². The zero-order valence-corrected chi connectivity index (χ0v) is 11.2. The molecule has 0 saturated heterocycles. The monoisotopic (exact) mass is 239 g/mol. The molecule has 0 aliphatic carbocycles. The number of nitriles is 1. The van der Waals surface area contributed by atoms with Gasteiger partial charge < -0.3 is 0 Å². The lowest BCUT2D eigenvalue weighted by Gasteiger charge is -2.14. The largest absolute Gasteiger partial charge is 0.236 e. The van der Waals surface area contributed by atoms with Crippen LogP contribution in [0.4, 0.5) is 0 Å².